The van der Waals surface area contributed by atoms with Crippen molar-refractivity contribution < 1.29 is 0 Å². The standard InChI is InChI=1S/C15H25N5.HI/c1-3-20(14-7-8-14)11-10-18-15(16-2)19-12-13-6-4-5-9-17-13;/h4-6,9,14H,3,7-8,10-12H2,1-2H3,(H2,16,18,19);1H. The van der Waals surface area contributed by atoms with E-state index in [0.717, 1.165) is 37.3 Å². The average molecular weight is 403 g/mol. The smallest absolute Gasteiger partial charge is 0.191 e. The van der Waals surface area contributed by atoms with Crippen LogP contribution < -0.4 is 10.6 Å². The van der Waals surface area contributed by atoms with Crippen LogP contribution in [-0.2, 0) is 6.54 Å². The minimum atomic E-state index is 0. The summed E-state index contributed by atoms with van der Waals surface area (Å²) in [5.74, 6) is 0.836. The Bertz CT molecular complexity index is 419. The molecule has 0 aliphatic heterocycles. The van der Waals surface area contributed by atoms with E-state index >= 15 is 0 Å². The second kappa shape index (κ2) is 9.94. The van der Waals surface area contributed by atoms with Crippen LogP contribution in [0.1, 0.15) is 25.5 Å². The van der Waals surface area contributed by atoms with Gasteiger partial charge in [-0.05, 0) is 31.5 Å². The predicted octanol–water partition coefficient (Wildman–Crippen LogP) is 1.85. The topological polar surface area (TPSA) is 52.5 Å². The zero-order chi connectivity index (χ0) is 14.2. The number of pyridine rings is 1. The van der Waals surface area contributed by atoms with Crippen LogP contribution in [0.25, 0.3) is 0 Å². The normalized spacial score (nSPS) is 14.7. The molecule has 118 valence electrons. The molecule has 0 saturated heterocycles. The Morgan fingerprint density at radius 3 is 2.76 bits per heavy atom. The maximum absolute atomic E-state index is 4.28. The van der Waals surface area contributed by atoms with Gasteiger partial charge < -0.3 is 10.6 Å². The Hall–Kier alpha value is -0.890. The molecule has 0 unspecified atom stereocenters. The second-order valence-corrected chi connectivity index (χ2v) is 5.03. The Kier molecular flexibility index (Phi) is 8.60. The van der Waals surface area contributed by atoms with Gasteiger partial charge in [0.15, 0.2) is 5.96 Å². The third-order valence-corrected chi connectivity index (χ3v) is 3.55. The minimum absolute atomic E-state index is 0. The van der Waals surface area contributed by atoms with Crippen molar-refractivity contribution in [3.8, 4) is 0 Å². The molecule has 5 nitrogen and oxygen atoms in total. The summed E-state index contributed by atoms with van der Waals surface area (Å²) in [5.41, 5.74) is 1.02. The van der Waals surface area contributed by atoms with Crippen LogP contribution in [0.2, 0.25) is 0 Å². The summed E-state index contributed by atoms with van der Waals surface area (Å²) in [7, 11) is 1.80. The van der Waals surface area contributed by atoms with Gasteiger partial charge in [-0.3, -0.25) is 14.9 Å². The number of hydrogen-bond acceptors (Lipinski definition) is 3. The van der Waals surface area contributed by atoms with E-state index in [0.29, 0.717) is 6.54 Å². The third-order valence-electron chi connectivity index (χ3n) is 3.55. The SMILES string of the molecule is CCN(CCNC(=NC)NCc1ccccn1)C1CC1.I. The second-order valence-electron chi connectivity index (χ2n) is 5.03. The third kappa shape index (κ3) is 6.60. The fourth-order valence-corrected chi connectivity index (χ4v) is 2.25. The number of aromatic nitrogens is 1. The van der Waals surface area contributed by atoms with Crippen LogP contribution in [-0.4, -0.2) is 48.6 Å². The molecule has 0 atom stereocenters. The van der Waals surface area contributed by atoms with Crippen LogP contribution >= 0.6 is 24.0 Å². The number of hydrogen-bond donors (Lipinski definition) is 2. The highest BCUT2D eigenvalue weighted by molar-refractivity contribution is 14.0. The summed E-state index contributed by atoms with van der Waals surface area (Å²) < 4.78 is 0. The van der Waals surface area contributed by atoms with Crippen LogP contribution in [0.3, 0.4) is 0 Å². The molecular formula is C15H26IN5. The van der Waals surface area contributed by atoms with Crippen molar-refractivity contribution in [1.82, 2.24) is 20.5 Å². The van der Waals surface area contributed by atoms with Crippen molar-refractivity contribution in [2.75, 3.05) is 26.7 Å². The van der Waals surface area contributed by atoms with Gasteiger partial charge in [0.05, 0.1) is 12.2 Å². The average Bonchev–Trinajstić information content (AvgIpc) is 3.32. The summed E-state index contributed by atoms with van der Waals surface area (Å²) in [6.45, 7) is 6.05. The van der Waals surface area contributed by atoms with Crippen LogP contribution in [0.15, 0.2) is 29.4 Å². The molecule has 0 bridgehead atoms. The lowest BCUT2D eigenvalue weighted by molar-refractivity contribution is 0.282. The van der Waals surface area contributed by atoms with E-state index in [1.165, 1.54) is 12.8 Å². The van der Waals surface area contributed by atoms with Gasteiger partial charge in [0.1, 0.15) is 0 Å². The lowest BCUT2D eigenvalue weighted by Crippen LogP contribution is -2.41. The summed E-state index contributed by atoms with van der Waals surface area (Å²) in [6.07, 6.45) is 4.53. The summed E-state index contributed by atoms with van der Waals surface area (Å²) in [5, 5.41) is 6.64. The maximum atomic E-state index is 4.28. The number of nitrogens with one attached hydrogen (secondary N) is 2. The Labute approximate surface area is 144 Å². The van der Waals surface area contributed by atoms with Gasteiger partial charge in [0, 0.05) is 32.4 Å². The van der Waals surface area contributed by atoms with E-state index in [9.17, 15) is 0 Å². The zero-order valence-electron chi connectivity index (χ0n) is 12.9. The highest BCUT2D eigenvalue weighted by Gasteiger charge is 2.27. The molecule has 0 radical (unpaired) electrons. The van der Waals surface area contributed by atoms with E-state index in [1.54, 1.807) is 7.05 Å². The molecule has 6 heteroatoms. The van der Waals surface area contributed by atoms with Gasteiger partial charge in [0.25, 0.3) is 0 Å². The molecule has 1 saturated carbocycles. The first-order valence-corrected chi connectivity index (χ1v) is 7.42. The fraction of sp³-hybridized carbons (Fsp3) is 0.600. The van der Waals surface area contributed by atoms with Crippen molar-refractivity contribution in [1.29, 1.82) is 0 Å². The molecule has 1 aliphatic carbocycles. The molecule has 0 spiro atoms. The van der Waals surface area contributed by atoms with Crippen LogP contribution in [0.4, 0.5) is 0 Å². The van der Waals surface area contributed by atoms with Crippen LogP contribution in [0, 0.1) is 0 Å². The predicted molar refractivity (Wildman–Crippen MR) is 98.1 cm³/mol. The van der Waals surface area contributed by atoms with Crippen molar-refractivity contribution in [2.45, 2.75) is 32.4 Å². The lowest BCUT2D eigenvalue weighted by atomic mass is 10.3. The number of likely N-dealkylation sites (N-methyl/N-ethyl adjacent to an activating group) is 1. The molecular weight excluding hydrogens is 377 g/mol. The first-order chi connectivity index (χ1) is 9.83. The van der Waals surface area contributed by atoms with E-state index in [1.807, 2.05) is 24.4 Å². The van der Waals surface area contributed by atoms with Gasteiger partial charge in [-0.1, -0.05) is 13.0 Å². The zero-order valence-corrected chi connectivity index (χ0v) is 15.2. The Morgan fingerprint density at radius 1 is 1.38 bits per heavy atom. The first kappa shape index (κ1) is 18.2. The van der Waals surface area contributed by atoms with Gasteiger partial charge in [0.2, 0.25) is 0 Å². The number of rotatable bonds is 7. The highest BCUT2D eigenvalue weighted by atomic mass is 127. The molecule has 0 aromatic carbocycles. The molecule has 21 heavy (non-hydrogen) atoms. The highest BCUT2D eigenvalue weighted by Crippen LogP contribution is 2.25. The van der Waals surface area contributed by atoms with Gasteiger partial charge >= 0.3 is 0 Å². The van der Waals surface area contributed by atoms with Crippen molar-refractivity contribution >= 4 is 29.9 Å². The van der Waals surface area contributed by atoms with Crippen molar-refractivity contribution in [3.05, 3.63) is 30.1 Å². The monoisotopic (exact) mass is 403 g/mol. The van der Waals surface area contributed by atoms with Crippen LogP contribution in [0.5, 0.6) is 0 Å². The van der Waals surface area contributed by atoms with Crippen molar-refractivity contribution in [2.24, 2.45) is 4.99 Å². The molecule has 1 aromatic heterocycles. The van der Waals surface area contributed by atoms with Gasteiger partial charge in [-0.2, -0.15) is 0 Å². The fourth-order valence-electron chi connectivity index (χ4n) is 2.25. The molecule has 2 N–H and O–H groups in total. The molecule has 1 aliphatic rings. The number of aliphatic imine (C=N–C) groups is 1. The summed E-state index contributed by atoms with van der Waals surface area (Å²) >= 11 is 0. The summed E-state index contributed by atoms with van der Waals surface area (Å²) in [4.78, 5) is 11.0. The molecule has 1 fully saturated rings. The Morgan fingerprint density at radius 2 is 2.19 bits per heavy atom. The first-order valence-electron chi connectivity index (χ1n) is 7.42. The molecule has 2 rings (SSSR count). The quantitative estimate of drug-likeness (QED) is 0.415. The van der Waals surface area contributed by atoms with Gasteiger partial charge in [-0.25, -0.2) is 0 Å². The largest absolute Gasteiger partial charge is 0.355 e. The molecule has 0 amide bonds. The molecule has 1 heterocycles. The Balaban J connectivity index is 0.00000220. The number of guanidine groups is 1. The van der Waals surface area contributed by atoms with Gasteiger partial charge in [-0.15, -0.1) is 24.0 Å². The van der Waals surface area contributed by atoms with E-state index in [2.05, 4.69) is 32.4 Å². The number of halogens is 1. The number of nitrogens with zero attached hydrogens (tertiary/aromatic N) is 3. The molecule has 1 aromatic rings. The van der Waals surface area contributed by atoms with E-state index in [4.69, 9.17) is 0 Å². The minimum Gasteiger partial charge on any atom is -0.355 e. The maximum Gasteiger partial charge on any atom is 0.191 e. The summed E-state index contributed by atoms with van der Waals surface area (Å²) in [6, 6.07) is 6.75. The van der Waals surface area contributed by atoms with Crippen molar-refractivity contribution in [3.63, 3.8) is 0 Å². The lowest BCUT2D eigenvalue weighted by Gasteiger charge is -2.20. The van der Waals surface area contributed by atoms with E-state index in [-0.39, 0.29) is 24.0 Å². The van der Waals surface area contributed by atoms with E-state index < -0.39 is 0 Å².